The lowest BCUT2D eigenvalue weighted by Crippen LogP contribution is -2.26. The third kappa shape index (κ3) is 2.15. The molecule has 0 bridgehead atoms. The first-order chi connectivity index (χ1) is 6.75. The Morgan fingerprint density at radius 3 is 2.71 bits per heavy atom. The molecule has 1 saturated heterocycles. The molecule has 1 fully saturated rings. The minimum Gasteiger partial charge on any atom is -0.350 e. The van der Waals surface area contributed by atoms with Crippen LogP contribution in [0.4, 0.5) is 10.3 Å². The number of rotatable bonds is 2. The summed E-state index contributed by atoms with van der Waals surface area (Å²) in [6, 6.07) is 0.408. The van der Waals surface area contributed by atoms with Crippen molar-refractivity contribution >= 4 is 17.7 Å². The minimum absolute atomic E-state index is 0.399. The largest absolute Gasteiger partial charge is 0.350 e. The maximum absolute atomic E-state index is 12.5. The molecule has 14 heavy (non-hydrogen) atoms. The Morgan fingerprint density at radius 1 is 1.43 bits per heavy atom. The van der Waals surface area contributed by atoms with Crippen LogP contribution in [-0.4, -0.2) is 27.5 Å². The molecule has 0 aliphatic carbocycles. The Kier molecular flexibility index (Phi) is 2.86. The molecule has 1 N–H and O–H groups in total. The van der Waals surface area contributed by atoms with E-state index in [0.717, 1.165) is 5.75 Å². The number of hydrogen-bond donors (Lipinski definition) is 1. The van der Waals surface area contributed by atoms with Gasteiger partial charge >= 0.3 is 0 Å². The summed E-state index contributed by atoms with van der Waals surface area (Å²) in [5.74, 6) is 2.98. The van der Waals surface area contributed by atoms with Gasteiger partial charge in [0, 0.05) is 11.8 Å². The van der Waals surface area contributed by atoms with Crippen LogP contribution in [-0.2, 0) is 0 Å². The summed E-state index contributed by atoms with van der Waals surface area (Å²) in [5.41, 5.74) is 0. The SMILES string of the molecule is CC1CSCC1Nc1ncc(F)cn1. The van der Waals surface area contributed by atoms with E-state index in [2.05, 4.69) is 22.2 Å². The normalized spacial score (nSPS) is 26.4. The highest BCUT2D eigenvalue weighted by atomic mass is 32.2. The van der Waals surface area contributed by atoms with Crippen molar-refractivity contribution in [3.05, 3.63) is 18.2 Å². The predicted octanol–water partition coefficient (Wildman–Crippen LogP) is 1.78. The van der Waals surface area contributed by atoms with Crippen LogP contribution in [0.15, 0.2) is 12.4 Å². The van der Waals surface area contributed by atoms with E-state index < -0.39 is 5.82 Å². The fourth-order valence-corrected chi connectivity index (χ4v) is 2.80. The van der Waals surface area contributed by atoms with Gasteiger partial charge in [-0.05, 0) is 11.7 Å². The Labute approximate surface area is 86.5 Å². The highest BCUT2D eigenvalue weighted by Gasteiger charge is 2.24. The second-order valence-corrected chi connectivity index (χ2v) is 4.57. The molecule has 2 heterocycles. The molecule has 2 rings (SSSR count). The molecule has 0 saturated carbocycles. The molecule has 0 aromatic carbocycles. The number of anilines is 1. The molecular weight excluding hydrogens is 201 g/mol. The van der Waals surface area contributed by atoms with Gasteiger partial charge in [0.25, 0.3) is 0 Å². The van der Waals surface area contributed by atoms with Crippen molar-refractivity contribution in [2.45, 2.75) is 13.0 Å². The van der Waals surface area contributed by atoms with Crippen LogP contribution in [0.3, 0.4) is 0 Å². The highest BCUT2D eigenvalue weighted by molar-refractivity contribution is 7.99. The van der Waals surface area contributed by atoms with Gasteiger partial charge in [0.05, 0.1) is 12.4 Å². The molecule has 1 aromatic heterocycles. The van der Waals surface area contributed by atoms with Gasteiger partial charge in [0.2, 0.25) is 5.95 Å². The number of aromatic nitrogens is 2. The van der Waals surface area contributed by atoms with Crippen molar-refractivity contribution in [1.29, 1.82) is 0 Å². The van der Waals surface area contributed by atoms with Crippen LogP contribution in [0.1, 0.15) is 6.92 Å². The number of nitrogens with one attached hydrogen (secondary N) is 1. The van der Waals surface area contributed by atoms with Gasteiger partial charge in [-0.2, -0.15) is 11.8 Å². The molecule has 76 valence electrons. The quantitative estimate of drug-likeness (QED) is 0.812. The molecule has 1 aromatic rings. The summed E-state index contributed by atoms with van der Waals surface area (Å²) in [6.45, 7) is 2.20. The second kappa shape index (κ2) is 4.13. The zero-order valence-corrected chi connectivity index (χ0v) is 8.72. The zero-order valence-electron chi connectivity index (χ0n) is 7.90. The van der Waals surface area contributed by atoms with Crippen molar-refractivity contribution < 1.29 is 4.39 Å². The van der Waals surface area contributed by atoms with Crippen LogP contribution in [0.25, 0.3) is 0 Å². The van der Waals surface area contributed by atoms with Crippen molar-refractivity contribution in [3.8, 4) is 0 Å². The lowest BCUT2D eigenvalue weighted by molar-refractivity contribution is 0.589. The summed E-state index contributed by atoms with van der Waals surface area (Å²) in [4.78, 5) is 7.74. The van der Waals surface area contributed by atoms with E-state index in [1.165, 1.54) is 18.1 Å². The summed E-state index contributed by atoms with van der Waals surface area (Å²) in [6.07, 6.45) is 2.37. The molecule has 0 radical (unpaired) electrons. The fourth-order valence-electron chi connectivity index (χ4n) is 1.40. The van der Waals surface area contributed by atoms with Crippen LogP contribution < -0.4 is 5.32 Å². The van der Waals surface area contributed by atoms with Gasteiger partial charge in [-0.1, -0.05) is 6.92 Å². The maximum Gasteiger partial charge on any atom is 0.223 e. The number of thioether (sulfide) groups is 1. The van der Waals surface area contributed by atoms with E-state index >= 15 is 0 Å². The molecule has 5 heteroatoms. The minimum atomic E-state index is -0.399. The smallest absolute Gasteiger partial charge is 0.223 e. The van der Waals surface area contributed by atoms with Gasteiger partial charge < -0.3 is 5.32 Å². The van der Waals surface area contributed by atoms with E-state index in [0.29, 0.717) is 17.9 Å². The highest BCUT2D eigenvalue weighted by Crippen LogP contribution is 2.25. The molecule has 0 spiro atoms. The van der Waals surface area contributed by atoms with Crippen molar-refractivity contribution in [1.82, 2.24) is 9.97 Å². The van der Waals surface area contributed by atoms with Crippen molar-refractivity contribution in [2.24, 2.45) is 5.92 Å². The van der Waals surface area contributed by atoms with E-state index in [4.69, 9.17) is 0 Å². The second-order valence-electron chi connectivity index (χ2n) is 3.49. The first kappa shape index (κ1) is 9.71. The van der Waals surface area contributed by atoms with E-state index in [1.54, 1.807) is 0 Å². The van der Waals surface area contributed by atoms with Gasteiger partial charge in [0.1, 0.15) is 0 Å². The first-order valence-corrected chi connectivity index (χ1v) is 5.73. The lowest BCUT2D eigenvalue weighted by atomic mass is 10.1. The van der Waals surface area contributed by atoms with Crippen LogP contribution in [0.2, 0.25) is 0 Å². The third-order valence-corrected chi connectivity index (χ3v) is 3.66. The van der Waals surface area contributed by atoms with E-state index in [9.17, 15) is 4.39 Å². The summed E-state index contributed by atoms with van der Waals surface area (Å²) in [7, 11) is 0. The average molecular weight is 213 g/mol. The van der Waals surface area contributed by atoms with Crippen molar-refractivity contribution in [2.75, 3.05) is 16.8 Å². The number of halogens is 1. The standard InChI is InChI=1S/C9H12FN3S/c1-6-4-14-5-8(6)13-9-11-2-7(10)3-12-9/h2-3,6,8H,4-5H2,1H3,(H,11,12,13). The molecular formula is C9H12FN3S. The van der Waals surface area contributed by atoms with E-state index in [-0.39, 0.29) is 0 Å². The average Bonchev–Trinajstić information content (AvgIpc) is 2.56. The topological polar surface area (TPSA) is 37.8 Å². The molecule has 1 aliphatic rings. The van der Waals surface area contributed by atoms with Gasteiger partial charge in [-0.15, -0.1) is 0 Å². The van der Waals surface area contributed by atoms with E-state index in [1.807, 2.05) is 11.8 Å². The summed E-state index contributed by atoms with van der Waals surface area (Å²) < 4.78 is 12.5. The Balaban J connectivity index is 2.00. The van der Waals surface area contributed by atoms with Crippen LogP contribution >= 0.6 is 11.8 Å². The molecule has 1 aliphatic heterocycles. The first-order valence-electron chi connectivity index (χ1n) is 4.57. The van der Waals surface area contributed by atoms with Crippen LogP contribution in [0.5, 0.6) is 0 Å². The third-order valence-electron chi connectivity index (χ3n) is 2.30. The van der Waals surface area contributed by atoms with Gasteiger partial charge in [0.15, 0.2) is 5.82 Å². The van der Waals surface area contributed by atoms with Crippen molar-refractivity contribution in [3.63, 3.8) is 0 Å². The molecule has 3 nitrogen and oxygen atoms in total. The Hall–Kier alpha value is -0.840. The maximum atomic E-state index is 12.5. The number of hydrogen-bond acceptors (Lipinski definition) is 4. The lowest BCUT2D eigenvalue weighted by Gasteiger charge is -2.15. The Morgan fingerprint density at radius 2 is 2.14 bits per heavy atom. The molecule has 0 amide bonds. The van der Waals surface area contributed by atoms with Gasteiger partial charge in [-0.25, -0.2) is 14.4 Å². The zero-order chi connectivity index (χ0) is 9.97. The Bertz CT molecular complexity index is 303. The predicted molar refractivity (Wildman–Crippen MR) is 55.9 cm³/mol. The molecule has 2 atom stereocenters. The van der Waals surface area contributed by atoms with Gasteiger partial charge in [-0.3, -0.25) is 0 Å². The summed E-state index contributed by atoms with van der Waals surface area (Å²) in [5, 5.41) is 3.21. The fraction of sp³-hybridized carbons (Fsp3) is 0.556. The van der Waals surface area contributed by atoms with Crippen LogP contribution in [0, 0.1) is 11.7 Å². The number of nitrogens with zero attached hydrogens (tertiary/aromatic N) is 2. The summed E-state index contributed by atoms with van der Waals surface area (Å²) >= 11 is 1.92. The monoisotopic (exact) mass is 213 g/mol. The molecule has 2 unspecified atom stereocenters.